The van der Waals surface area contributed by atoms with Crippen molar-refractivity contribution in [1.82, 2.24) is 5.32 Å². The molecular formula is C13H21NO. The van der Waals surface area contributed by atoms with E-state index in [9.17, 15) is 0 Å². The molecule has 0 saturated carbocycles. The summed E-state index contributed by atoms with van der Waals surface area (Å²) < 4.78 is 5.18. The SMILES string of the molecule is CC[C@@H](C)CNCc1cccc(OC)c1. The van der Waals surface area contributed by atoms with Gasteiger partial charge in [-0.05, 0) is 30.2 Å². The Labute approximate surface area is 92.6 Å². The second-order valence-corrected chi connectivity index (χ2v) is 4.00. The zero-order valence-electron chi connectivity index (χ0n) is 9.92. The third-order valence-corrected chi connectivity index (χ3v) is 2.65. The van der Waals surface area contributed by atoms with Crippen LogP contribution < -0.4 is 10.1 Å². The van der Waals surface area contributed by atoms with Crippen LogP contribution in [-0.2, 0) is 6.54 Å². The van der Waals surface area contributed by atoms with Crippen LogP contribution in [0.1, 0.15) is 25.8 Å². The van der Waals surface area contributed by atoms with Crippen molar-refractivity contribution in [1.29, 1.82) is 0 Å². The van der Waals surface area contributed by atoms with E-state index in [2.05, 4.69) is 31.3 Å². The molecule has 0 saturated heterocycles. The summed E-state index contributed by atoms with van der Waals surface area (Å²) in [6.07, 6.45) is 1.23. The average molecular weight is 207 g/mol. The second-order valence-electron chi connectivity index (χ2n) is 4.00. The van der Waals surface area contributed by atoms with Crippen molar-refractivity contribution in [3.05, 3.63) is 29.8 Å². The van der Waals surface area contributed by atoms with Gasteiger partial charge in [0.25, 0.3) is 0 Å². The second kappa shape index (κ2) is 6.46. The van der Waals surface area contributed by atoms with Crippen LogP contribution in [0.15, 0.2) is 24.3 Å². The van der Waals surface area contributed by atoms with Gasteiger partial charge in [-0.3, -0.25) is 0 Å². The highest BCUT2D eigenvalue weighted by Gasteiger charge is 1.99. The predicted molar refractivity (Wildman–Crippen MR) is 64.2 cm³/mol. The maximum atomic E-state index is 5.18. The number of ether oxygens (including phenoxy) is 1. The number of benzene rings is 1. The zero-order chi connectivity index (χ0) is 11.1. The molecule has 0 aliphatic carbocycles. The Hall–Kier alpha value is -1.02. The maximum absolute atomic E-state index is 5.18. The molecule has 0 fully saturated rings. The summed E-state index contributed by atoms with van der Waals surface area (Å²) in [4.78, 5) is 0. The summed E-state index contributed by atoms with van der Waals surface area (Å²) in [6, 6.07) is 8.19. The number of methoxy groups -OCH3 is 1. The summed E-state index contributed by atoms with van der Waals surface area (Å²) >= 11 is 0. The molecule has 0 amide bonds. The van der Waals surface area contributed by atoms with Crippen molar-refractivity contribution >= 4 is 0 Å². The summed E-state index contributed by atoms with van der Waals surface area (Å²) in [7, 11) is 1.70. The van der Waals surface area contributed by atoms with E-state index in [1.54, 1.807) is 7.11 Å². The standard InChI is InChI=1S/C13H21NO/c1-4-11(2)9-14-10-12-6-5-7-13(8-12)15-3/h5-8,11,14H,4,9-10H2,1-3H3/t11-/m1/s1. The fourth-order valence-corrected chi connectivity index (χ4v) is 1.39. The molecule has 15 heavy (non-hydrogen) atoms. The molecule has 1 rings (SSSR count). The molecule has 0 spiro atoms. The number of rotatable bonds is 6. The van der Waals surface area contributed by atoms with Gasteiger partial charge < -0.3 is 10.1 Å². The number of hydrogen-bond acceptors (Lipinski definition) is 2. The van der Waals surface area contributed by atoms with Gasteiger partial charge in [0.2, 0.25) is 0 Å². The van der Waals surface area contributed by atoms with Gasteiger partial charge in [0, 0.05) is 6.54 Å². The van der Waals surface area contributed by atoms with Gasteiger partial charge in [-0.25, -0.2) is 0 Å². The quantitative estimate of drug-likeness (QED) is 0.774. The molecule has 0 radical (unpaired) electrons. The summed E-state index contributed by atoms with van der Waals surface area (Å²) in [6.45, 7) is 6.48. The lowest BCUT2D eigenvalue weighted by Crippen LogP contribution is -2.20. The molecule has 0 unspecified atom stereocenters. The van der Waals surface area contributed by atoms with Crippen LogP contribution in [0.2, 0.25) is 0 Å². The molecule has 0 aliphatic heterocycles. The zero-order valence-corrected chi connectivity index (χ0v) is 9.92. The third-order valence-electron chi connectivity index (χ3n) is 2.65. The lowest BCUT2D eigenvalue weighted by molar-refractivity contribution is 0.414. The molecule has 1 N–H and O–H groups in total. The summed E-state index contributed by atoms with van der Waals surface area (Å²) in [5.74, 6) is 1.67. The minimum Gasteiger partial charge on any atom is -0.497 e. The molecule has 0 aliphatic rings. The van der Waals surface area contributed by atoms with Crippen LogP contribution >= 0.6 is 0 Å². The average Bonchev–Trinajstić information content (AvgIpc) is 2.29. The fourth-order valence-electron chi connectivity index (χ4n) is 1.39. The first-order valence-electron chi connectivity index (χ1n) is 5.60. The van der Waals surface area contributed by atoms with Crippen LogP contribution in [0.4, 0.5) is 0 Å². The van der Waals surface area contributed by atoms with Gasteiger partial charge >= 0.3 is 0 Å². The molecule has 1 atom stereocenters. The Bertz CT molecular complexity index is 286. The molecule has 1 aromatic carbocycles. The minimum absolute atomic E-state index is 0.746. The van der Waals surface area contributed by atoms with Crippen LogP contribution in [-0.4, -0.2) is 13.7 Å². The summed E-state index contributed by atoms with van der Waals surface area (Å²) in [5, 5.41) is 3.45. The lowest BCUT2D eigenvalue weighted by atomic mass is 10.1. The predicted octanol–water partition coefficient (Wildman–Crippen LogP) is 2.83. The molecule has 2 heteroatoms. The normalized spacial score (nSPS) is 12.5. The van der Waals surface area contributed by atoms with E-state index in [1.807, 2.05) is 12.1 Å². The Morgan fingerprint density at radius 2 is 2.20 bits per heavy atom. The first kappa shape index (κ1) is 12.1. The Balaban J connectivity index is 2.37. The highest BCUT2D eigenvalue weighted by molar-refractivity contribution is 5.28. The van der Waals surface area contributed by atoms with Crippen molar-refractivity contribution in [3.63, 3.8) is 0 Å². The van der Waals surface area contributed by atoms with Gasteiger partial charge in [0.15, 0.2) is 0 Å². The van der Waals surface area contributed by atoms with E-state index >= 15 is 0 Å². The van der Waals surface area contributed by atoms with E-state index in [1.165, 1.54) is 12.0 Å². The van der Waals surface area contributed by atoms with Gasteiger partial charge in [-0.2, -0.15) is 0 Å². The van der Waals surface area contributed by atoms with Gasteiger partial charge in [-0.15, -0.1) is 0 Å². The van der Waals surface area contributed by atoms with Gasteiger partial charge in [0.05, 0.1) is 7.11 Å². The van der Waals surface area contributed by atoms with Crippen LogP contribution in [0.25, 0.3) is 0 Å². The first-order valence-corrected chi connectivity index (χ1v) is 5.60. The van der Waals surface area contributed by atoms with Crippen LogP contribution in [0, 0.1) is 5.92 Å². The van der Waals surface area contributed by atoms with Crippen molar-refractivity contribution in [2.45, 2.75) is 26.8 Å². The van der Waals surface area contributed by atoms with E-state index in [4.69, 9.17) is 4.74 Å². The molecular weight excluding hydrogens is 186 g/mol. The van der Waals surface area contributed by atoms with Crippen molar-refractivity contribution in [2.75, 3.05) is 13.7 Å². The van der Waals surface area contributed by atoms with Crippen molar-refractivity contribution < 1.29 is 4.74 Å². The lowest BCUT2D eigenvalue weighted by Gasteiger charge is -2.10. The Morgan fingerprint density at radius 3 is 2.87 bits per heavy atom. The molecule has 0 aromatic heterocycles. The Morgan fingerprint density at radius 1 is 1.40 bits per heavy atom. The van der Waals surface area contributed by atoms with Gasteiger partial charge in [-0.1, -0.05) is 32.4 Å². The van der Waals surface area contributed by atoms with E-state index in [-0.39, 0.29) is 0 Å². The monoisotopic (exact) mass is 207 g/mol. The van der Waals surface area contributed by atoms with Gasteiger partial charge in [0.1, 0.15) is 5.75 Å². The highest BCUT2D eigenvalue weighted by Crippen LogP contribution is 2.12. The highest BCUT2D eigenvalue weighted by atomic mass is 16.5. The summed E-state index contributed by atoms with van der Waals surface area (Å²) in [5.41, 5.74) is 1.28. The Kier molecular flexibility index (Phi) is 5.19. The van der Waals surface area contributed by atoms with Crippen LogP contribution in [0.5, 0.6) is 5.75 Å². The van der Waals surface area contributed by atoms with E-state index < -0.39 is 0 Å². The molecule has 0 bridgehead atoms. The molecule has 84 valence electrons. The van der Waals surface area contributed by atoms with E-state index in [0.717, 1.165) is 24.8 Å². The number of nitrogens with one attached hydrogen (secondary N) is 1. The first-order chi connectivity index (χ1) is 7.26. The van der Waals surface area contributed by atoms with E-state index in [0.29, 0.717) is 0 Å². The van der Waals surface area contributed by atoms with Crippen molar-refractivity contribution in [3.8, 4) is 5.75 Å². The molecule has 2 nitrogen and oxygen atoms in total. The topological polar surface area (TPSA) is 21.3 Å². The minimum atomic E-state index is 0.746. The number of hydrogen-bond donors (Lipinski definition) is 1. The molecule has 0 heterocycles. The molecule has 1 aromatic rings. The van der Waals surface area contributed by atoms with Crippen LogP contribution in [0.3, 0.4) is 0 Å². The van der Waals surface area contributed by atoms with Crippen molar-refractivity contribution in [2.24, 2.45) is 5.92 Å². The smallest absolute Gasteiger partial charge is 0.119 e. The third kappa shape index (κ3) is 4.34. The largest absolute Gasteiger partial charge is 0.497 e. The fraction of sp³-hybridized carbons (Fsp3) is 0.538. The maximum Gasteiger partial charge on any atom is 0.119 e.